The summed E-state index contributed by atoms with van der Waals surface area (Å²) in [5.74, 6) is 2.04. The highest BCUT2D eigenvalue weighted by Gasteiger charge is 2.22. The first kappa shape index (κ1) is 28.9. The number of nitrogens with zero attached hydrogens (tertiary/aromatic N) is 3. The van der Waals surface area contributed by atoms with Crippen LogP contribution in [0.3, 0.4) is 0 Å². The minimum Gasteiger partial charge on any atom is -0.456 e. The molecule has 3 aromatic heterocycles. The second kappa shape index (κ2) is 11.3. The van der Waals surface area contributed by atoms with Crippen LogP contribution in [0.4, 0.5) is 0 Å². The first-order chi connectivity index (χ1) is 25.7. The quantitative estimate of drug-likeness (QED) is 0.175. The van der Waals surface area contributed by atoms with E-state index >= 15 is 0 Å². The number of allylic oxidation sites excluding steroid dienone is 4. The number of furan rings is 2. The van der Waals surface area contributed by atoms with E-state index in [1.54, 1.807) is 0 Å². The number of benzene rings is 7. The predicted octanol–water partition coefficient (Wildman–Crippen LogP) is 12.6. The molecule has 1 aliphatic carbocycles. The zero-order chi connectivity index (χ0) is 34.2. The Labute approximate surface area is 298 Å². The summed E-state index contributed by atoms with van der Waals surface area (Å²) in [6, 6.07) is 46.5. The highest BCUT2D eigenvalue weighted by atomic mass is 16.3. The van der Waals surface area contributed by atoms with Crippen LogP contribution in [0.5, 0.6) is 0 Å². The highest BCUT2D eigenvalue weighted by Crippen LogP contribution is 2.41. The summed E-state index contributed by atoms with van der Waals surface area (Å²) in [6.45, 7) is 0. The lowest BCUT2D eigenvalue weighted by atomic mass is 9.96. The topological polar surface area (TPSA) is 65.0 Å². The van der Waals surface area contributed by atoms with Crippen molar-refractivity contribution < 1.29 is 8.83 Å². The molecule has 52 heavy (non-hydrogen) atoms. The molecule has 0 aliphatic heterocycles. The van der Waals surface area contributed by atoms with Crippen LogP contribution < -0.4 is 0 Å². The van der Waals surface area contributed by atoms with Crippen LogP contribution in [0.1, 0.15) is 18.2 Å². The third-order valence-corrected chi connectivity index (χ3v) is 10.4. The van der Waals surface area contributed by atoms with Gasteiger partial charge in [-0.25, -0.2) is 15.0 Å². The largest absolute Gasteiger partial charge is 0.456 e. The molecule has 0 spiro atoms. The fraction of sp³-hybridized carbons (Fsp3) is 0.0426. The Morgan fingerprint density at radius 1 is 0.462 bits per heavy atom. The molecular formula is C47H29N3O2. The Balaban J connectivity index is 1.15. The monoisotopic (exact) mass is 667 g/mol. The Bertz CT molecular complexity index is 3130. The molecule has 0 N–H and O–H groups in total. The zero-order valence-corrected chi connectivity index (χ0v) is 28.0. The van der Waals surface area contributed by atoms with E-state index in [0.717, 1.165) is 83.8 Å². The standard InChI is InChI=1S/C47H29N3O2/c1-2-11-29(12-3-1)45-48-46(32-21-22-35-31(24-32)19-18-28-10-4-5-13-34(28)35)50-47(49-45)39-25-33(27-43-44(39)38-15-7-9-17-41(38)52-43)30-20-23-37-36-14-6-8-16-40(36)51-42(37)26-30/h1-11,13-27,29H,12H2. The number of aromatic nitrogens is 3. The van der Waals surface area contributed by atoms with E-state index in [1.807, 2.05) is 36.4 Å². The van der Waals surface area contributed by atoms with E-state index < -0.39 is 0 Å². The maximum absolute atomic E-state index is 6.54. The summed E-state index contributed by atoms with van der Waals surface area (Å²) in [7, 11) is 0. The lowest BCUT2D eigenvalue weighted by molar-refractivity contribution is 0.668. The van der Waals surface area contributed by atoms with Gasteiger partial charge in [0.1, 0.15) is 28.2 Å². The van der Waals surface area contributed by atoms with Crippen molar-refractivity contribution in [1.82, 2.24) is 15.0 Å². The molecule has 5 nitrogen and oxygen atoms in total. The van der Waals surface area contributed by atoms with E-state index in [2.05, 4.69) is 121 Å². The van der Waals surface area contributed by atoms with Gasteiger partial charge >= 0.3 is 0 Å². The van der Waals surface area contributed by atoms with Gasteiger partial charge in [-0.15, -0.1) is 0 Å². The third-order valence-electron chi connectivity index (χ3n) is 10.4. The van der Waals surface area contributed by atoms with Crippen molar-refractivity contribution in [3.63, 3.8) is 0 Å². The first-order valence-electron chi connectivity index (χ1n) is 17.6. The summed E-state index contributed by atoms with van der Waals surface area (Å²) in [5, 5.41) is 9.01. The highest BCUT2D eigenvalue weighted by molar-refractivity contribution is 6.14. The van der Waals surface area contributed by atoms with E-state index in [1.165, 1.54) is 16.2 Å². The van der Waals surface area contributed by atoms with E-state index in [4.69, 9.17) is 23.8 Å². The van der Waals surface area contributed by atoms with E-state index in [0.29, 0.717) is 11.6 Å². The van der Waals surface area contributed by atoms with Crippen molar-refractivity contribution in [2.75, 3.05) is 0 Å². The molecule has 0 fully saturated rings. The maximum atomic E-state index is 6.54. The summed E-state index contributed by atoms with van der Waals surface area (Å²) in [5.41, 5.74) is 7.17. The summed E-state index contributed by atoms with van der Waals surface area (Å²) in [4.78, 5) is 15.6. The smallest absolute Gasteiger partial charge is 0.164 e. The van der Waals surface area contributed by atoms with Gasteiger partial charge in [-0.2, -0.15) is 0 Å². The molecule has 0 amide bonds. The van der Waals surface area contributed by atoms with Gasteiger partial charge in [0.25, 0.3) is 0 Å². The zero-order valence-electron chi connectivity index (χ0n) is 28.0. The van der Waals surface area contributed by atoms with Crippen molar-refractivity contribution in [2.45, 2.75) is 12.3 Å². The average Bonchev–Trinajstić information content (AvgIpc) is 3.78. The number of rotatable bonds is 4. The Hall–Kier alpha value is -6.85. The molecule has 5 heteroatoms. The van der Waals surface area contributed by atoms with Crippen LogP contribution in [0.25, 0.3) is 99.3 Å². The van der Waals surface area contributed by atoms with Crippen LogP contribution >= 0.6 is 0 Å². The molecule has 1 atom stereocenters. The minimum atomic E-state index is 0.0326. The Kier molecular flexibility index (Phi) is 6.31. The fourth-order valence-corrected chi connectivity index (χ4v) is 7.83. The molecule has 0 saturated heterocycles. The van der Waals surface area contributed by atoms with Crippen LogP contribution in [0, 0.1) is 0 Å². The van der Waals surface area contributed by atoms with Gasteiger partial charge in [-0.05, 0) is 81.6 Å². The number of fused-ring (bicyclic) bond motifs is 9. The maximum Gasteiger partial charge on any atom is 0.164 e. The van der Waals surface area contributed by atoms with Gasteiger partial charge in [0.2, 0.25) is 0 Å². The lowest BCUT2D eigenvalue weighted by Gasteiger charge is -2.15. The number of para-hydroxylation sites is 2. The number of hydrogen-bond donors (Lipinski definition) is 0. The van der Waals surface area contributed by atoms with Gasteiger partial charge in [0, 0.05) is 38.6 Å². The van der Waals surface area contributed by atoms with Crippen LogP contribution in [0.2, 0.25) is 0 Å². The summed E-state index contributed by atoms with van der Waals surface area (Å²) >= 11 is 0. The molecule has 0 saturated carbocycles. The predicted molar refractivity (Wildman–Crippen MR) is 211 cm³/mol. The van der Waals surface area contributed by atoms with Gasteiger partial charge in [-0.1, -0.05) is 115 Å². The van der Waals surface area contributed by atoms with Crippen molar-refractivity contribution in [1.29, 1.82) is 0 Å². The van der Waals surface area contributed by atoms with Gasteiger partial charge in [-0.3, -0.25) is 0 Å². The molecule has 3 heterocycles. The van der Waals surface area contributed by atoms with Gasteiger partial charge in [0.05, 0.1) is 0 Å². The Morgan fingerprint density at radius 3 is 2.02 bits per heavy atom. The van der Waals surface area contributed by atoms with Crippen molar-refractivity contribution in [2.24, 2.45) is 0 Å². The third kappa shape index (κ3) is 4.60. The van der Waals surface area contributed by atoms with E-state index in [-0.39, 0.29) is 5.92 Å². The fourth-order valence-electron chi connectivity index (χ4n) is 7.83. The van der Waals surface area contributed by atoms with Crippen molar-refractivity contribution >= 4 is 65.4 Å². The average molecular weight is 668 g/mol. The first-order valence-corrected chi connectivity index (χ1v) is 17.6. The Morgan fingerprint density at radius 2 is 1.13 bits per heavy atom. The summed E-state index contributed by atoms with van der Waals surface area (Å²) < 4.78 is 12.8. The van der Waals surface area contributed by atoms with Crippen LogP contribution in [-0.4, -0.2) is 15.0 Å². The van der Waals surface area contributed by atoms with Gasteiger partial charge in [0.15, 0.2) is 11.6 Å². The lowest BCUT2D eigenvalue weighted by Crippen LogP contribution is -2.08. The molecule has 11 rings (SSSR count). The van der Waals surface area contributed by atoms with Crippen molar-refractivity contribution in [3.05, 3.63) is 164 Å². The van der Waals surface area contributed by atoms with Crippen LogP contribution in [-0.2, 0) is 0 Å². The minimum absolute atomic E-state index is 0.0326. The molecular weight excluding hydrogens is 639 g/mol. The normalized spacial score (nSPS) is 14.5. The SMILES string of the molecule is C1=CCC(c2nc(-c3ccc4c(ccc5ccccc54)c3)nc(-c3cc(-c4ccc5c(c4)oc4ccccc45)cc4oc5ccccc5c34)n2)C=C1. The molecule has 1 unspecified atom stereocenters. The summed E-state index contributed by atoms with van der Waals surface area (Å²) in [6.07, 6.45) is 9.33. The molecule has 1 aliphatic rings. The van der Waals surface area contributed by atoms with E-state index in [9.17, 15) is 0 Å². The second-order valence-electron chi connectivity index (χ2n) is 13.5. The molecule has 244 valence electrons. The van der Waals surface area contributed by atoms with Crippen LogP contribution in [0.15, 0.2) is 167 Å². The molecule has 7 aromatic carbocycles. The van der Waals surface area contributed by atoms with Gasteiger partial charge < -0.3 is 8.83 Å². The van der Waals surface area contributed by atoms with Crippen molar-refractivity contribution in [3.8, 4) is 33.9 Å². The number of hydrogen-bond acceptors (Lipinski definition) is 5. The molecule has 10 aromatic rings. The second-order valence-corrected chi connectivity index (χ2v) is 13.5. The molecule has 0 radical (unpaired) electrons. The molecule has 0 bridgehead atoms.